The predicted octanol–water partition coefficient (Wildman–Crippen LogP) is 3.18. The van der Waals surface area contributed by atoms with E-state index in [1.54, 1.807) is 6.92 Å². The topological polar surface area (TPSA) is 66.4 Å². The average Bonchev–Trinajstić information content (AvgIpc) is 2.43. The first-order valence-electron chi connectivity index (χ1n) is 6.90. The van der Waals surface area contributed by atoms with Gasteiger partial charge in [0.25, 0.3) is 0 Å². The molecule has 0 aliphatic rings. The Bertz CT molecular complexity index is 506. The van der Waals surface area contributed by atoms with Crippen LogP contribution in [0, 0.1) is 11.6 Å². The van der Waals surface area contributed by atoms with Crippen LogP contribution in [0.2, 0.25) is 0 Å². The van der Waals surface area contributed by atoms with E-state index >= 15 is 0 Å². The number of carboxylic acid groups (broad SMARTS) is 1. The fourth-order valence-corrected chi connectivity index (χ4v) is 2.01. The van der Waals surface area contributed by atoms with Crippen LogP contribution in [0.15, 0.2) is 18.2 Å². The highest BCUT2D eigenvalue weighted by Crippen LogP contribution is 2.21. The molecule has 0 aliphatic heterocycles. The van der Waals surface area contributed by atoms with Crippen molar-refractivity contribution in [2.45, 2.75) is 45.1 Å². The van der Waals surface area contributed by atoms with Gasteiger partial charge < -0.3 is 10.4 Å². The Morgan fingerprint density at radius 2 is 1.90 bits per heavy atom. The number of nitrogens with one attached hydrogen (secondary N) is 1. The minimum Gasteiger partial charge on any atom is -0.481 e. The predicted molar refractivity (Wildman–Crippen MR) is 73.6 cm³/mol. The maximum Gasteiger partial charge on any atom is 0.303 e. The van der Waals surface area contributed by atoms with Crippen molar-refractivity contribution < 1.29 is 23.5 Å². The van der Waals surface area contributed by atoms with E-state index in [0.29, 0.717) is 19.3 Å². The van der Waals surface area contributed by atoms with Gasteiger partial charge in [0, 0.05) is 18.4 Å². The lowest BCUT2D eigenvalue weighted by molar-refractivity contribution is -0.137. The Morgan fingerprint density at radius 1 is 1.24 bits per heavy atom. The molecule has 0 saturated carbocycles. The number of amides is 1. The first-order chi connectivity index (χ1) is 9.93. The highest BCUT2D eigenvalue weighted by atomic mass is 19.1. The molecule has 0 fully saturated rings. The molecule has 0 spiro atoms. The molecular formula is C15H19F2NO3. The minimum absolute atomic E-state index is 0.0169. The van der Waals surface area contributed by atoms with Crippen LogP contribution in [0.3, 0.4) is 0 Å². The van der Waals surface area contributed by atoms with Crippen LogP contribution in [-0.2, 0) is 9.59 Å². The molecule has 0 saturated heterocycles. The quantitative estimate of drug-likeness (QED) is 0.725. The number of carbonyl (C=O) groups excluding carboxylic acids is 1. The van der Waals surface area contributed by atoms with Crippen LogP contribution in [0.5, 0.6) is 0 Å². The number of hydrogen-bond acceptors (Lipinski definition) is 2. The van der Waals surface area contributed by atoms with Gasteiger partial charge in [-0.3, -0.25) is 9.59 Å². The molecule has 1 aromatic carbocycles. The second-order valence-corrected chi connectivity index (χ2v) is 4.80. The number of hydrogen-bond donors (Lipinski definition) is 2. The molecule has 0 radical (unpaired) electrons. The standard InChI is InChI=1S/C15H19F2NO3/c1-2-13(11-9-10(16)7-8-12(11)17)18-14(19)5-3-4-6-15(20)21/h7-9,13H,2-6H2,1H3,(H,18,19)(H,20,21). The normalized spacial score (nSPS) is 12.0. The van der Waals surface area contributed by atoms with Gasteiger partial charge in [-0.05, 0) is 37.5 Å². The zero-order valence-corrected chi connectivity index (χ0v) is 11.9. The minimum atomic E-state index is -0.899. The first kappa shape index (κ1) is 17.1. The molecule has 1 unspecified atom stereocenters. The summed E-state index contributed by atoms with van der Waals surface area (Å²) in [5.41, 5.74) is 0.122. The van der Waals surface area contributed by atoms with Crippen molar-refractivity contribution in [2.75, 3.05) is 0 Å². The van der Waals surface area contributed by atoms with E-state index in [4.69, 9.17) is 5.11 Å². The van der Waals surface area contributed by atoms with Crippen molar-refractivity contribution in [2.24, 2.45) is 0 Å². The van der Waals surface area contributed by atoms with Crippen LogP contribution < -0.4 is 5.32 Å². The molecule has 6 heteroatoms. The summed E-state index contributed by atoms with van der Waals surface area (Å²) in [6.07, 6.45) is 1.47. The Morgan fingerprint density at radius 3 is 2.52 bits per heavy atom. The molecule has 0 bridgehead atoms. The number of benzene rings is 1. The summed E-state index contributed by atoms with van der Waals surface area (Å²) < 4.78 is 26.8. The molecule has 0 heterocycles. The third-order valence-electron chi connectivity index (χ3n) is 3.12. The van der Waals surface area contributed by atoms with Crippen LogP contribution >= 0.6 is 0 Å². The number of carboxylic acids is 1. The molecular weight excluding hydrogens is 280 g/mol. The van der Waals surface area contributed by atoms with Crippen LogP contribution in [0.4, 0.5) is 8.78 Å². The molecule has 116 valence electrons. The zero-order chi connectivity index (χ0) is 15.8. The monoisotopic (exact) mass is 299 g/mol. The summed E-state index contributed by atoms with van der Waals surface area (Å²) in [7, 11) is 0. The number of halogens is 2. The van der Waals surface area contributed by atoms with Gasteiger partial charge in [0.1, 0.15) is 11.6 Å². The summed E-state index contributed by atoms with van der Waals surface area (Å²) in [5, 5.41) is 11.1. The maximum atomic E-state index is 13.7. The van der Waals surface area contributed by atoms with E-state index < -0.39 is 23.6 Å². The van der Waals surface area contributed by atoms with Crippen molar-refractivity contribution in [3.63, 3.8) is 0 Å². The average molecular weight is 299 g/mol. The molecule has 1 amide bonds. The van der Waals surface area contributed by atoms with Gasteiger partial charge in [-0.15, -0.1) is 0 Å². The molecule has 21 heavy (non-hydrogen) atoms. The van der Waals surface area contributed by atoms with E-state index in [2.05, 4.69) is 5.32 Å². The second-order valence-electron chi connectivity index (χ2n) is 4.80. The number of unbranched alkanes of at least 4 members (excludes halogenated alkanes) is 1. The van der Waals surface area contributed by atoms with E-state index in [1.807, 2.05) is 0 Å². The largest absolute Gasteiger partial charge is 0.481 e. The third-order valence-corrected chi connectivity index (χ3v) is 3.12. The van der Waals surface area contributed by atoms with Crippen LogP contribution in [0.25, 0.3) is 0 Å². The fraction of sp³-hybridized carbons (Fsp3) is 0.467. The Balaban J connectivity index is 2.55. The Hall–Kier alpha value is -1.98. The van der Waals surface area contributed by atoms with Gasteiger partial charge in [-0.2, -0.15) is 0 Å². The molecule has 1 atom stereocenters. The van der Waals surface area contributed by atoms with Gasteiger partial charge in [0.15, 0.2) is 0 Å². The van der Waals surface area contributed by atoms with Crippen molar-refractivity contribution >= 4 is 11.9 Å². The molecule has 2 N–H and O–H groups in total. The molecule has 4 nitrogen and oxygen atoms in total. The fourth-order valence-electron chi connectivity index (χ4n) is 2.01. The Labute approximate surface area is 122 Å². The van der Waals surface area contributed by atoms with Gasteiger partial charge in [-0.25, -0.2) is 8.78 Å². The van der Waals surface area contributed by atoms with Crippen molar-refractivity contribution in [3.8, 4) is 0 Å². The highest BCUT2D eigenvalue weighted by molar-refractivity contribution is 5.76. The molecule has 0 aliphatic carbocycles. The number of carbonyl (C=O) groups is 2. The van der Waals surface area contributed by atoms with Gasteiger partial charge in [0.2, 0.25) is 5.91 Å². The van der Waals surface area contributed by atoms with E-state index in [9.17, 15) is 18.4 Å². The van der Waals surface area contributed by atoms with Gasteiger partial charge >= 0.3 is 5.97 Å². The SMILES string of the molecule is CCC(NC(=O)CCCCC(=O)O)c1cc(F)ccc1F. The first-order valence-corrected chi connectivity index (χ1v) is 6.90. The van der Waals surface area contributed by atoms with Crippen molar-refractivity contribution in [1.29, 1.82) is 0 Å². The van der Waals surface area contributed by atoms with E-state index in [0.717, 1.165) is 18.2 Å². The molecule has 1 aromatic rings. The lowest BCUT2D eigenvalue weighted by atomic mass is 10.0. The molecule has 0 aromatic heterocycles. The third kappa shape index (κ3) is 5.89. The molecule has 1 rings (SSSR count). The van der Waals surface area contributed by atoms with Gasteiger partial charge in [-0.1, -0.05) is 6.92 Å². The summed E-state index contributed by atoms with van der Waals surface area (Å²) in [4.78, 5) is 22.1. The smallest absolute Gasteiger partial charge is 0.303 e. The summed E-state index contributed by atoms with van der Waals surface area (Å²) in [6.45, 7) is 1.76. The summed E-state index contributed by atoms with van der Waals surface area (Å²) in [6, 6.07) is 2.55. The lowest BCUT2D eigenvalue weighted by Crippen LogP contribution is -2.28. The van der Waals surface area contributed by atoms with E-state index in [-0.39, 0.29) is 24.3 Å². The zero-order valence-electron chi connectivity index (χ0n) is 11.9. The van der Waals surface area contributed by atoms with Crippen LogP contribution in [-0.4, -0.2) is 17.0 Å². The highest BCUT2D eigenvalue weighted by Gasteiger charge is 2.17. The van der Waals surface area contributed by atoms with Crippen LogP contribution in [0.1, 0.15) is 50.6 Å². The Kier molecular flexibility index (Phi) is 6.78. The number of aliphatic carboxylic acids is 1. The van der Waals surface area contributed by atoms with Crippen molar-refractivity contribution in [3.05, 3.63) is 35.4 Å². The van der Waals surface area contributed by atoms with Gasteiger partial charge in [0.05, 0.1) is 6.04 Å². The maximum absolute atomic E-state index is 13.7. The lowest BCUT2D eigenvalue weighted by Gasteiger charge is -2.18. The summed E-state index contributed by atoms with van der Waals surface area (Å²) >= 11 is 0. The summed E-state index contributed by atoms with van der Waals surface area (Å²) in [5.74, 6) is -2.31. The van der Waals surface area contributed by atoms with Crippen molar-refractivity contribution in [1.82, 2.24) is 5.32 Å². The number of rotatable bonds is 8. The van der Waals surface area contributed by atoms with E-state index in [1.165, 1.54) is 0 Å². The second kappa shape index (κ2) is 8.34.